The van der Waals surface area contributed by atoms with Crippen LogP contribution in [0.4, 0.5) is 0 Å². The van der Waals surface area contributed by atoms with Crippen molar-refractivity contribution in [1.29, 1.82) is 0 Å². The van der Waals surface area contributed by atoms with Crippen molar-refractivity contribution in [2.24, 2.45) is 7.05 Å². The molecule has 0 amide bonds. The van der Waals surface area contributed by atoms with E-state index in [0.717, 1.165) is 18.8 Å². The minimum absolute atomic E-state index is 0.119. The summed E-state index contributed by atoms with van der Waals surface area (Å²) in [5.41, 5.74) is 1.30. The van der Waals surface area contributed by atoms with Gasteiger partial charge in [0.1, 0.15) is 0 Å². The van der Waals surface area contributed by atoms with Gasteiger partial charge in [-0.15, -0.1) is 21.5 Å². The molecule has 1 aliphatic rings. The Morgan fingerprint density at radius 2 is 2.53 bits per heavy atom. The smallest absolute Gasteiger partial charge is 0.196 e. The lowest BCUT2D eigenvalue weighted by atomic mass is 10.0. The second-order valence-electron chi connectivity index (χ2n) is 3.57. The second-order valence-corrected chi connectivity index (χ2v) is 4.57. The maximum atomic E-state index is 4.25. The summed E-state index contributed by atoms with van der Waals surface area (Å²) >= 11 is 1.81. The van der Waals surface area contributed by atoms with Gasteiger partial charge < -0.3 is 5.32 Å². The largest absolute Gasteiger partial charge is 0.303 e. The molecule has 78 valence electrons. The van der Waals surface area contributed by atoms with E-state index in [9.17, 15) is 0 Å². The Balaban J connectivity index is 2.02. The monoisotopic (exact) mass is 221 g/mol. The van der Waals surface area contributed by atoms with E-state index in [-0.39, 0.29) is 6.04 Å². The fourth-order valence-corrected chi connectivity index (χ4v) is 2.82. The number of aryl methyl sites for hydroxylation is 1. The Kier molecular flexibility index (Phi) is 2.03. The molecular formula is C9H11N5S. The summed E-state index contributed by atoms with van der Waals surface area (Å²) < 4.78 is 0. The zero-order valence-corrected chi connectivity index (χ0v) is 9.16. The molecule has 0 fully saturated rings. The van der Waals surface area contributed by atoms with Gasteiger partial charge in [0.15, 0.2) is 5.82 Å². The topological polar surface area (TPSA) is 55.6 Å². The number of nitrogens with one attached hydrogen (secondary N) is 1. The van der Waals surface area contributed by atoms with Crippen LogP contribution in [0, 0.1) is 0 Å². The molecule has 0 radical (unpaired) electrons. The van der Waals surface area contributed by atoms with Crippen LogP contribution in [0.2, 0.25) is 0 Å². The number of rotatable bonds is 1. The Morgan fingerprint density at radius 3 is 3.33 bits per heavy atom. The van der Waals surface area contributed by atoms with Crippen molar-refractivity contribution < 1.29 is 0 Å². The van der Waals surface area contributed by atoms with Gasteiger partial charge in [-0.1, -0.05) is 0 Å². The molecule has 0 spiro atoms. The van der Waals surface area contributed by atoms with Gasteiger partial charge >= 0.3 is 0 Å². The third-order valence-corrected chi connectivity index (χ3v) is 3.57. The van der Waals surface area contributed by atoms with Crippen LogP contribution in [0.3, 0.4) is 0 Å². The van der Waals surface area contributed by atoms with Crippen LogP contribution in [0.5, 0.6) is 0 Å². The summed E-state index contributed by atoms with van der Waals surface area (Å²) in [6, 6.07) is 2.27. The number of fused-ring (bicyclic) bond motifs is 1. The molecule has 6 heteroatoms. The first-order valence-corrected chi connectivity index (χ1v) is 5.76. The molecule has 0 aliphatic carbocycles. The van der Waals surface area contributed by atoms with Crippen molar-refractivity contribution in [2.75, 3.05) is 6.54 Å². The van der Waals surface area contributed by atoms with Crippen molar-refractivity contribution in [1.82, 2.24) is 25.5 Å². The molecule has 0 bridgehead atoms. The molecule has 2 aromatic heterocycles. The summed E-state index contributed by atoms with van der Waals surface area (Å²) in [6.07, 6.45) is 1.10. The van der Waals surface area contributed by atoms with Crippen LogP contribution in [0.25, 0.3) is 0 Å². The predicted octanol–water partition coefficient (Wildman–Crippen LogP) is 0.507. The number of thiophene rings is 1. The van der Waals surface area contributed by atoms with E-state index in [1.165, 1.54) is 15.2 Å². The van der Waals surface area contributed by atoms with E-state index < -0.39 is 0 Å². The number of aromatic nitrogens is 4. The number of nitrogens with zero attached hydrogens (tertiary/aromatic N) is 4. The van der Waals surface area contributed by atoms with Gasteiger partial charge in [0.25, 0.3) is 0 Å². The minimum Gasteiger partial charge on any atom is -0.303 e. The SMILES string of the molecule is Cn1nnc(C2NCCc3sccc32)n1. The first-order valence-electron chi connectivity index (χ1n) is 4.88. The Hall–Kier alpha value is -1.27. The van der Waals surface area contributed by atoms with Gasteiger partial charge in [-0.25, -0.2) is 0 Å². The summed E-state index contributed by atoms with van der Waals surface area (Å²) in [5.74, 6) is 0.761. The van der Waals surface area contributed by atoms with Crippen LogP contribution >= 0.6 is 11.3 Å². The van der Waals surface area contributed by atoms with Crippen LogP contribution in [0.15, 0.2) is 11.4 Å². The van der Waals surface area contributed by atoms with Crippen molar-refractivity contribution >= 4 is 11.3 Å². The predicted molar refractivity (Wildman–Crippen MR) is 56.7 cm³/mol. The van der Waals surface area contributed by atoms with Crippen molar-refractivity contribution in [3.63, 3.8) is 0 Å². The highest BCUT2D eigenvalue weighted by Crippen LogP contribution is 2.29. The second kappa shape index (κ2) is 3.39. The van der Waals surface area contributed by atoms with E-state index in [1.54, 1.807) is 7.05 Å². The van der Waals surface area contributed by atoms with Gasteiger partial charge in [0, 0.05) is 11.4 Å². The molecule has 5 nitrogen and oxygen atoms in total. The quantitative estimate of drug-likeness (QED) is 0.762. The van der Waals surface area contributed by atoms with E-state index in [2.05, 4.69) is 32.2 Å². The van der Waals surface area contributed by atoms with Gasteiger partial charge in [-0.3, -0.25) is 0 Å². The average molecular weight is 221 g/mol. The Morgan fingerprint density at radius 1 is 1.60 bits per heavy atom. The van der Waals surface area contributed by atoms with E-state index in [0.29, 0.717) is 0 Å². The van der Waals surface area contributed by atoms with Crippen molar-refractivity contribution in [2.45, 2.75) is 12.5 Å². The van der Waals surface area contributed by atoms with Crippen LogP contribution in [-0.2, 0) is 13.5 Å². The third-order valence-electron chi connectivity index (χ3n) is 2.57. The van der Waals surface area contributed by atoms with Crippen LogP contribution in [0.1, 0.15) is 22.3 Å². The van der Waals surface area contributed by atoms with E-state index >= 15 is 0 Å². The zero-order chi connectivity index (χ0) is 10.3. The van der Waals surface area contributed by atoms with Crippen LogP contribution in [-0.4, -0.2) is 26.8 Å². The first kappa shape index (κ1) is 8.99. The maximum absolute atomic E-state index is 4.25. The fraction of sp³-hybridized carbons (Fsp3) is 0.444. The standard InChI is InChI=1S/C9H11N5S/c1-14-12-9(11-13-14)8-6-3-5-15-7(6)2-4-10-8/h3,5,8,10H,2,4H2,1H3. The molecule has 15 heavy (non-hydrogen) atoms. The number of tetrazole rings is 1. The van der Waals surface area contributed by atoms with Crippen molar-refractivity contribution in [3.05, 3.63) is 27.7 Å². The Bertz CT molecular complexity index is 474. The summed E-state index contributed by atoms with van der Waals surface area (Å²) in [7, 11) is 1.79. The summed E-state index contributed by atoms with van der Waals surface area (Å²) in [4.78, 5) is 2.93. The van der Waals surface area contributed by atoms with E-state index in [4.69, 9.17) is 0 Å². The lowest BCUT2D eigenvalue weighted by Crippen LogP contribution is -2.30. The highest BCUT2D eigenvalue weighted by molar-refractivity contribution is 7.10. The van der Waals surface area contributed by atoms with E-state index in [1.807, 2.05) is 11.3 Å². The first-order chi connectivity index (χ1) is 7.34. The normalized spacial score (nSPS) is 20.2. The van der Waals surface area contributed by atoms with Gasteiger partial charge in [-0.05, 0) is 28.6 Å². The lowest BCUT2D eigenvalue weighted by molar-refractivity contribution is 0.545. The van der Waals surface area contributed by atoms with Gasteiger partial charge in [-0.2, -0.15) is 4.80 Å². The highest BCUT2D eigenvalue weighted by atomic mass is 32.1. The highest BCUT2D eigenvalue weighted by Gasteiger charge is 2.25. The minimum atomic E-state index is 0.119. The molecule has 0 saturated heterocycles. The molecule has 0 aromatic carbocycles. The van der Waals surface area contributed by atoms with Gasteiger partial charge in [0.2, 0.25) is 0 Å². The Labute approximate surface area is 91.1 Å². The van der Waals surface area contributed by atoms with Gasteiger partial charge in [0.05, 0.1) is 13.1 Å². The molecule has 3 rings (SSSR count). The molecule has 2 aromatic rings. The average Bonchev–Trinajstić information content (AvgIpc) is 2.84. The third kappa shape index (κ3) is 1.46. The molecule has 1 N–H and O–H groups in total. The fourth-order valence-electron chi connectivity index (χ4n) is 1.90. The maximum Gasteiger partial charge on any atom is 0.196 e. The number of hydrogen-bond donors (Lipinski definition) is 1. The molecule has 1 aliphatic heterocycles. The summed E-state index contributed by atoms with van der Waals surface area (Å²) in [6.45, 7) is 0.983. The lowest BCUT2D eigenvalue weighted by Gasteiger charge is -2.21. The van der Waals surface area contributed by atoms with Crippen LogP contribution < -0.4 is 5.32 Å². The zero-order valence-electron chi connectivity index (χ0n) is 8.34. The molecule has 3 heterocycles. The molecule has 1 unspecified atom stereocenters. The summed E-state index contributed by atoms with van der Waals surface area (Å²) in [5, 5.41) is 17.7. The van der Waals surface area contributed by atoms with Crippen molar-refractivity contribution in [3.8, 4) is 0 Å². The molecule has 1 atom stereocenters. The molecular weight excluding hydrogens is 210 g/mol. The number of hydrogen-bond acceptors (Lipinski definition) is 5. The molecule has 0 saturated carbocycles.